The minimum atomic E-state index is -2.64. The summed E-state index contributed by atoms with van der Waals surface area (Å²) in [5, 5.41) is 27.1. The molecule has 1 spiro atoms. The van der Waals surface area contributed by atoms with Crippen molar-refractivity contribution >= 4 is 41.9 Å². The molecule has 5 aliphatic rings. The number of ketones is 1. The van der Waals surface area contributed by atoms with Crippen LogP contribution in [0.4, 0.5) is 9.59 Å². The van der Waals surface area contributed by atoms with Crippen LogP contribution in [-0.2, 0) is 57.1 Å². The molecule has 3 aliphatic carbocycles. The molecule has 2 saturated heterocycles. The minimum absolute atomic E-state index is 0.00840. The van der Waals surface area contributed by atoms with E-state index in [1.54, 1.807) is 69.3 Å². The number of ether oxygens (including phenoxy) is 8. The van der Waals surface area contributed by atoms with E-state index in [4.69, 9.17) is 37.9 Å². The summed E-state index contributed by atoms with van der Waals surface area (Å²) in [7, 11) is 0. The molecule has 65 heavy (non-hydrogen) atoms. The van der Waals surface area contributed by atoms with E-state index in [1.807, 2.05) is 0 Å². The van der Waals surface area contributed by atoms with Crippen molar-refractivity contribution in [1.82, 2.24) is 5.32 Å². The first kappa shape index (κ1) is 47.1. The van der Waals surface area contributed by atoms with E-state index < -0.39 is 124 Å². The topological polar surface area (TPSA) is 246 Å². The zero-order chi connectivity index (χ0) is 47.8. The number of hydrogen-bond donors (Lipinski definition) is 3. The summed E-state index contributed by atoms with van der Waals surface area (Å²) in [6, 6.07) is 14.2. The number of Topliss-reactive ketones (excluding diaryl/α,β-unsaturated/α-hetero) is 1. The molecule has 2 aromatic rings. The summed E-state index contributed by atoms with van der Waals surface area (Å²) in [6.07, 6.45) is -12.8. The Morgan fingerprint density at radius 3 is 2.05 bits per heavy atom. The number of rotatable bonds is 9. The van der Waals surface area contributed by atoms with Gasteiger partial charge in [0.1, 0.15) is 11.7 Å². The largest absolute Gasteiger partial charge is 0.509 e. The van der Waals surface area contributed by atoms with Crippen molar-refractivity contribution in [3.63, 3.8) is 0 Å². The first-order valence-corrected chi connectivity index (χ1v) is 21.3. The molecule has 0 radical (unpaired) electrons. The van der Waals surface area contributed by atoms with Gasteiger partial charge in [-0.2, -0.15) is 0 Å². The first-order chi connectivity index (χ1) is 30.2. The summed E-state index contributed by atoms with van der Waals surface area (Å²) in [5.41, 5.74) is -11.6. The number of fused-ring (bicyclic) bond motifs is 4. The maximum absolute atomic E-state index is 15.7. The summed E-state index contributed by atoms with van der Waals surface area (Å²) in [6.45, 7) is 13.7. The third-order valence-corrected chi connectivity index (χ3v) is 13.7. The normalized spacial score (nSPS) is 33.5. The van der Waals surface area contributed by atoms with Gasteiger partial charge in [-0.25, -0.2) is 19.2 Å². The van der Waals surface area contributed by atoms with Crippen LogP contribution in [0.1, 0.15) is 97.6 Å². The second-order valence-corrected chi connectivity index (χ2v) is 19.3. The number of nitrogens with one attached hydrogen (secondary N) is 1. The minimum Gasteiger partial charge on any atom is -0.454 e. The molecule has 4 fully saturated rings. The molecule has 2 bridgehead atoms. The van der Waals surface area contributed by atoms with E-state index in [9.17, 15) is 39.0 Å². The molecule has 0 aromatic heterocycles. The van der Waals surface area contributed by atoms with Crippen molar-refractivity contribution in [2.24, 2.45) is 16.7 Å². The van der Waals surface area contributed by atoms with Gasteiger partial charge in [0, 0.05) is 25.7 Å². The zero-order valence-corrected chi connectivity index (χ0v) is 37.8. The predicted octanol–water partition coefficient (Wildman–Crippen LogP) is 4.37. The lowest BCUT2D eigenvalue weighted by Gasteiger charge is -2.67. The maximum atomic E-state index is 15.7. The smallest absolute Gasteiger partial charge is 0.454 e. The third kappa shape index (κ3) is 7.52. The van der Waals surface area contributed by atoms with Crippen LogP contribution >= 0.6 is 0 Å². The standard InChI is InChI=1S/C47H55NO17/c1-23-30-32(59-24(2)49)35(52)44(9)28(51)21-29-46(22-58-29,63-25(3)50)33(44)37(61-38(53)27-19-15-12-16-20-27)47(43(30,7)8)36(62-41(56)65-47)31(23)60-39(54)45(10,57)34(26-17-13-11-14-18-26)48-40(55)64-42(4,5)6/h11-20,28-29,31-34,36-37,51,57H,21-22H2,1-10H3,(H,48,55)/t28-,29?,31+,32+,33?,34+,36?,37?,44+,45+,46-,47+/m0/s1. The average molecular weight is 906 g/mol. The number of alkyl carbamates (subject to hydrolysis) is 1. The van der Waals surface area contributed by atoms with Gasteiger partial charge in [-0.1, -0.05) is 62.4 Å². The predicted molar refractivity (Wildman–Crippen MR) is 222 cm³/mol. The van der Waals surface area contributed by atoms with Crippen LogP contribution in [0.15, 0.2) is 71.8 Å². The van der Waals surface area contributed by atoms with Gasteiger partial charge >= 0.3 is 36.1 Å². The second kappa shape index (κ2) is 16.2. The number of esters is 4. The van der Waals surface area contributed by atoms with Crippen molar-refractivity contribution in [3.8, 4) is 0 Å². The van der Waals surface area contributed by atoms with Crippen LogP contribution in [0, 0.1) is 16.7 Å². The summed E-state index contributed by atoms with van der Waals surface area (Å²) >= 11 is 0. The van der Waals surface area contributed by atoms with Crippen LogP contribution in [0.3, 0.4) is 0 Å². The number of aliphatic hydroxyl groups excluding tert-OH is 1. The van der Waals surface area contributed by atoms with Crippen molar-refractivity contribution in [2.45, 2.75) is 141 Å². The molecule has 1 amide bonds. The lowest BCUT2D eigenvalue weighted by atomic mass is 9.44. The van der Waals surface area contributed by atoms with Gasteiger partial charge in [0.15, 0.2) is 41.4 Å². The van der Waals surface area contributed by atoms with Gasteiger partial charge < -0.3 is 53.4 Å². The Labute approximate surface area is 375 Å². The molecule has 18 heteroatoms. The van der Waals surface area contributed by atoms with Crippen molar-refractivity contribution in [1.29, 1.82) is 0 Å². The molecule has 12 atom stereocenters. The molecule has 3 N–H and O–H groups in total. The van der Waals surface area contributed by atoms with Crippen LogP contribution in [0.25, 0.3) is 0 Å². The highest BCUT2D eigenvalue weighted by atomic mass is 16.8. The van der Waals surface area contributed by atoms with Gasteiger partial charge in [-0.15, -0.1) is 0 Å². The van der Waals surface area contributed by atoms with E-state index in [1.165, 1.54) is 39.8 Å². The highest BCUT2D eigenvalue weighted by molar-refractivity contribution is 5.96. The number of hydrogen-bond acceptors (Lipinski definition) is 17. The zero-order valence-electron chi connectivity index (χ0n) is 37.8. The second-order valence-electron chi connectivity index (χ2n) is 19.3. The summed E-state index contributed by atoms with van der Waals surface area (Å²) in [4.78, 5) is 98.6. The molecule has 350 valence electrons. The van der Waals surface area contributed by atoms with E-state index in [0.29, 0.717) is 0 Å². The van der Waals surface area contributed by atoms with Crippen LogP contribution in [-0.4, -0.2) is 118 Å². The maximum Gasteiger partial charge on any atom is 0.509 e. The molecule has 18 nitrogen and oxygen atoms in total. The highest BCUT2D eigenvalue weighted by Gasteiger charge is 2.83. The average Bonchev–Trinajstić information content (AvgIpc) is 3.58. The number of benzene rings is 2. The van der Waals surface area contributed by atoms with Crippen LogP contribution < -0.4 is 5.32 Å². The van der Waals surface area contributed by atoms with E-state index in [2.05, 4.69) is 5.32 Å². The Hall–Kier alpha value is -5.85. The lowest BCUT2D eigenvalue weighted by molar-refractivity contribution is -0.345. The molecule has 2 heterocycles. The van der Waals surface area contributed by atoms with Gasteiger partial charge in [0.25, 0.3) is 0 Å². The molecule has 2 aliphatic heterocycles. The Kier molecular flexibility index (Phi) is 11.8. The molecule has 2 saturated carbocycles. The Balaban J connectivity index is 1.48. The molecule has 7 rings (SSSR count). The van der Waals surface area contributed by atoms with Crippen molar-refractivity contribution in [2.75, 3.05) is 6.61 Å². The van der Waals surface area contributed by atoms with Gasteiger partial charge in [0.05, 0.1) is 35.6 Å². The lowest BCUT2D eigenvalue weighted by Crippen LogP contribution is -2.83. The first-order valence-electron chi connectivity index (χ1n) is 21.3. The molecule has 4 unspecified atom stereocenters. The van der Waals surface area contributed by atoms with E-state index in [0.717, 1.165) is 20.8 Å². The van der Waals surface area contributed by atoms with Crippen molar-refractivity contribution in [3.05, 3.63) is 82.9 Å². The number of amides is 1. The fourth-order valence-corrected chi connectivity index (χ4v) is 10.7. The highest BCUT2D eigenvalue weighted by Crippen LogP contribution is 2.67. The number of carbonyl (C=O) groups excluding carboxylic acids is 7. The third-order valence-electron chi connectivity index (χ3n) is 13.7. The van der Waals surface area contributed by atoms with Gasteiger partial charge in [-0.05, 0) is 70.4 Å². The van der Waals surface area contributed by atoms with Crippen LogP contribution in [0.5, 0.6) is 0 Å². The van der Waals surface area contributed by atoms with Gasteiger partial charge in [-0.3, -0.25) is 14.4 Å². The fraction of sp³-hybridized carbons (Fsp3) is 0.553. The Morgan fingerprint density at radius 1 is 0.877 bits per heavy atom. The van der Waals surface area contributed by atoms with E-state index >= 15 is 4.79 Å². The van der Waals surface area contributed by atoms with E-state index in [-0.39, 0.29) is 35.3 Å². The number of aliphatic hydroxyl groups is 2. The summed E-state index contributed by atoms with van der Waals surface area (Å²) < 4.78 is 48.5. The molecular formula is C47H55NO17. The SMILES string of the molecule is CC(=O)O[C@H]1C(=O)[C@@]2(C)C(C(OC(=O)c3ccccc3)[C@]34OC(=O)OC3[C@H](OC(=O)[C@](C)(O)[C@H](NC(=O)OC(C)(C)C)c3ccccc3)C(C)=C1C4(C)C)[C@]1(OC(C)=O)COC1C[C@@H]2O. The fourth-order valence-electron chi connectivity index (χ4n) is 10.7. The van der Waals surface area contributed by atoms with Gasteiger partial charge in [0.2, 0.25) is 5.60 Å². The Morgan fingerprint density at radius 2 is 1.49 bits per heavy atom. The summed E-state index contributed by atoms with van der Waals surface area (Å²) in [5.74, 6) is -6.71. The quantitative estimate of drug-likeness (QED) is 0.180. The number of carbonyl (C=O) groups is 7. The van der Waals surface area contributed by atoms with Crippen molar-refractivity contribution < 1.29 is 81.7 Å². The Bertz CT molecular complexity index is 2320. The van der Waals surface area contributed by atoms with Crippen LogP contribution in [0.2, 0.25) is 0 Å². The molecular weight excluding hydrogens is 851 g/mol. The monoisotopic (exact) mass is 905 g/mol. The molecule has 2 aromatic carbocycles.